The molecule has 124 valence electrons. The summed E-state index contributed by atoms with van der Waals surface area (Å²) in [6.07, 6.45) is 15.4. The molecule has 5 saturated carbocycles. The van der Waals surface area contributed by atoms with Crippen LogP contribution < -0.4 is 0 Å². The van der Waals surface area contributed by atoms with Crippen molar-refractivity contribution in [1.29, 1.82) is 0 Å². The molecule has 0 aliphatic heterocycles. The van der Waals surface area contributed by atoms with Crippen LogP contribution in [0.2, 0.25) is 0 Å². The lowest BCUT2D eigenvalue weighted by molar-refractivity contribution is 0.0430. The molecule has 22 heavy (non-hydrogen) atoms. The highest BCUT2D eigenvalue weighted by molar-refractivity contribution is 4.97. The van der Waals surface area contributed by atoms with Crippen LogP contribution >= 0.6 is 0 Å². The van der Waals surface area contributed by atoms with E-state index in [0.29, 0.717) is 12.2 Å². The second-order valence-corrected chi connectivity index (χ2v) is 9.25. The SMILES string of the molecule is C1CC1COC1CC2CC3CC(OCC4CC4)CC3CC2C1. The lowest BCUT2D eigenvalue weighted by Gasteiger charge is -2.34. The van der Waals surface area contributed by atoms with Gasteiger partial charge in [-0.15, -0.1) is 0 Å². The Bertz CT molecular complexity index is 343. The van der Waals surface area contributed by atoms with Gasteiger partial charge < -0.3 is 9.47 Å². The van der Waals surface area contributed by atoms with Gasteiger partial charge in [0.2, 0.25) is 0 Å². The Morgan fingerprint density at radius 1 is 0.500 bits per heavy atom. The summed E-state index contributed by atoms with van der Waals surface area (Å²) < 4.78 is 12.4. The Morgan fingerprint density at radius 3 is 1.18 bits per heavy atom. The summed E-state index contributed by atoms with van der Waals surface area (Å²) in [5.41, 5.74) is 0. The van der Waals surface area contributed by atoms with Crippen molar-refractivity contribution in [2.45, 2.75) is 76.4 Å². The average Bonchev–Trinajstić information content (AvgIpc) is 3.42. The van der Waals surface area contributed by atoms with Gasteiger partial charge in [0.25, 0.3) is 0 Å². The smallest absolute Gasteiger partial charge is 0.0580 e. The molecule has 5 fully saturated rings. The normalized spacial score (nSPS) is 47.5. The van der Waals surface area contributed by atoms with Crippen LogP contribution in [0.1, 0.15) is 64.2 Å². The molecule has 0 heterocycles. The standard InChI is InChI=1S/C20H32O2/c1-2-13(1)11-21-19-7-15-5-17-9-20(22-12-14-3-4-14)10-18(17)6-16(15)8-19/h13-20H,1-12H2. The summed E-state index contributed by atoms with van der Waals surface area (Å²) in [4.78, 5) is 0. The summed E-state index contributed by atoms with van der Waals surface area (Å²) in [6, 6.07) is 0. The molecule has 5 rings (SSSR count). The summed E-state index contributed by atoms with van der Waals surface area (Å²) >= 11 is 0. The van der Waals surface area contributed by atoms with Crippen LogP contribution in [0, 0.1) is 35.5 Å². The van der Waals surface area contributed by atoms with Gasteiger partial charge in [-0.3, -0.25) is 0 Å². The van der Waals surface area contributed by atoms with E-state index in [2.05, 4.69) is 0 Å². The first-order chi connectivity index (χ1) is 10.8. The van der Waals surface area contributed by atoms with Crippen LogP contribution in [0.3, 0.4) is 0 Å². The molecule has 5 aliphatic rings. The van der Waals surface area contributed by atoms with Crippen LogP contribution in [0.15, 0.2) is 0 Å². The van der Waals surface area contributed by atoms with Crippen molar-refractivity contribution in [1.82, 2.24) is 0 Å². The van der Waals surface area contributed by atoms with Crippen molar-refractivity contribution < 1.29 is 9.47 Å². The van der Waals surface area contributed by atoms with Crippen molar-refractivity contribution in [2.75, 3.05) is 13.2 Å². The van der Waals surface area contributed by atoms with E-state index in [4.69, 9.17) is 9.47 Å². The van der Waals surface area contributed by atoms with E-state index in [0.717, 1.165) is 48.7 Å². The summed E-state index contributed by atoms with van der Waals surface area (Å²) in [5.74, 6) is 5.76. The van der Waals surface area contributed by atoms with Gasteiger partial charge in [-0.25, -0.2) is 0 Å². The van der Waals surface area contributed by atoms with Crippen molar-refractivity contribution in [2.24, 2.45) is 35.5 Å². The molecular formula is C20H32O2. The summed E-state index contributed by atoms with van der Waals surface area (Å²) in [5, 5.41) is 0. The van der Waals surface area contributed by atoms with Gasteiger partial charge in [0.05, 0.1) is 12.2 Å². The fraction of sp³-hybridized carbons (Fsp3) is 1.00. The van der Waals surface area contributed by atoms with E-state index in [1.165, 1.54) is 64.2 Å². The second kappa shape index (κ2) is 5.77. The van der Waals surface area contributed by atoms with Gasteiger partial charge in [-0.1, -0.05) is 0 Å². The highest BCUT2D eigenvalue weighted by atomic mass is 16.5. The molecule has 0 aromatic heterocycles. The zero-order valence-electron chi connectivity index (χ0n) is 13.9. The third-order valence-corrected chi connectivity index (χ3v) is 7.34. The molecule has 5 aliphatic carbocycles. The molecule has 0 amide bonds. The van der Waals surface area contributed by atoms with Crippen molar-refractivity contribution >= 4 is 0 Å². The molecule has 0 bridgehead atoms. The first kappa shape index (κ1) is 14.3. The maximum absolute atomic E-state index is 6.21. The minimum Gasteiger partial charge on any atom is -0.378 e. The van der Waals surface area contributed by atoms with E-state index >= 15 is 0 Å². The van der Waals surface area contributed by atoms with Crippen LogP contribution in [0.5, 0.6) is 0 Å². The third kappa shape index (κ3) is 3.11. The Hall–Kier alpha value is -0.0800. The van der Waals surface area contributed by atoms with Crippen LogP contribution in [0.4, 0.5) is 0 Å². The fourth-order valence-corrected chi connectivity index (χ4v) is 5.63. The maximum Gasteiger partial charge on any atom is 0.0580 e. The van der Waals surface area contributed by atoms with E-state index in [9.17, 15) is 0 Å². The Kier molecular flexibility index (Phi) is 3.75. The minimum atomic E-state index is 0.608. The van der Waals surface area contributed by atoms with E-state index in [1.807, 2.05) is 0 Å². The van der Waals surface area contributed by atoms with Gasteiger partial charge in [0, 0.05) is 13.2 Å². The molecule has 0 aromatic rings. The van der Waals surface area contributed by atoms with Gasteiger partial charge in [-0.2, -0.15) is 0 Å². The van der Waals surface area contributed by atoms with Crippen LogP contribution in [-0.2, 0) is 9.47 Å². The third-order valence-electron chi connectivity index (χ3n) is 7.34. The topological polar surface area (TPSA) is 18.5 Å². The molecule has 0 saturated heterocycles. The molecule has 4 atom stereocenters. The average molecular weight is 304 g/mol. The fourth-order valence-electron chi connectivity index (χ4n) is 5.63. The van der Waals surface area contributed by atoms with Gasteiger partial charge in [0.1, 0.15) is 0 Å². The molecule has 2 heteroatoms. The molecule has 0 radical (unpaired) electrons. The zero-order valence-corrected chi connectivity index (χ0v) is 13.9. The number of fused-ring (bicyclic) bond motifs is 2. The molecule has 4 unspecified atom stereocenters. The van der Waals surface area contributed by atoms with Crippen molar-refractivity contribution in [3.63, 3.8) is 0 Å². The lowest BCUT2D eigenvalue weighted by atomic mass is 9.71. The number of hydrogen-bond donors (Lipinski definition) is 0. The molecule has 0 N–H and O–H groups in total. The van der Waals surface area contributed by atoms with E-state index in [1.54, 1.807) is 0 Å². The quantitative estimate of drug-likeness (QED) is 0.723. The highest BCUT2D eigenvalue weighted by Gasteiger charge is 2.47. The largest absolute Gasteiger partial charge is 0.378 e. The van der Waals surface area contributed by atoms with Crippen LogP contribution in [0.25, 0.3) is 0 Å². The Labute approximate surface area is 135 Å². The maximum atomic E-state index is 6.21. The second-order valence-electron chi connectivity index (χ2n) is 9.25. The Morgan fingerprint density at radius 2 is 0.864 bits per heavy atom. The predicted octanol–water partition coefficient (Wildman–Crippen LogP) is 4.42. The number of ether oxygens (including phenoxy) is 2. The molecular weight excluding hydrogens is 272 g/mol. The lowest BCUT2D eigenvalue weighted by Crippen LogP contribution is -2.25. The number of rotatable bonds is 6. The minimum absolute atomic E-state index is 0.608. The van der Waals surface area contributed by atoms with E-state index in [-0.39, 0.29) is 0 Å². The van der Waals surface area contributed by atoms with Crippen molar-refractivity contribution in [3.8, 4) is 0 Å². The monoisotopic (exact) mass is 304 g/mol. The first-order valence-electron chi connectivity index (χ1n) is 10.1. The highest BCUT2D eigenvalue weighted by Crippen LogP contribution is 2.53. The molecule has 0 spiro atoms. The molecule has 0 aromatic carbocycles. The predicted molar refractivity (Wildman–Crippen MR) is 86.6 cm³/mol. The van der Waals surface area contributed by atoms with Crippen molar-refractivity contribution in [3.05, 3.63) is 0 Å². The van der Waals surface area contributed by atoms with Gasteiger partial charge in [-0.05, 0) is 99.7 Å². The van der Waals surface area contributed by atoms with Gasteiger partial charge in [0.15, 0.2) is 0 Å². The van der Waals surface area contributed by atoms with Gasteiger partial charge >= 0.3 is 0 Å². The summed E-state index contributed by atoms with van der Waals surface area (Å²) in [6.45, 7) is 2.13. The van der Waals surface area contributed by atoms with Crippen LogP contribution in [-0.4, -0.2) is 25.4 Å². The number of hydrogen-bond acceptors (Lipinski definition) is 2. The Balaban J connectivity index is 1.11. The zero-order chi connectivity index (χ0) is 14.5. The first-order valence-corrected chi connectivity index (χ1v) is 10.1. The van der Waals surface area contributed by atoms with E-state index < -0.39 is 0 Å². The molecule has 2 nitrogen and oxygen atoms in total. The summed E-state index contributed by atoms with van der Waals surface area (Å²) in [7, 11) is 0.